The molecule has 136 valence electrons. The van der Waals surface area contributed by atoms with Crippen LogP contribution in [-0.4, -0.2) is 115 Å². The van der Waals surface area contributed by atoms with Gasteiger partial charge in [0, 0.05) is 0 Å². The summed E-state index contributed by atoms with van der Waals surface area (Å²) in [6.45, 7) is -1.60. The summed E-state index contributed by atoms with van der Waals surface area (Å²) in [5.74, 6) is 0. The topological polar surface area (TPSA) is 197 Å². The first kappa shape index (κ1) is 20.3. The first-order valence-electron chi connectivity index (χ1n) is 6.84. The van der Waals surface area contributed by atoms with E-state index in [9.17, 15) is 35.4 Å². The Hall–Kier alpha value is -0.730. The van der Waals surface area contributed by atoms with Crippen molar-refractivity contribution in [1.29, 1.82) is 0 Å². The zero-order chi connectivity index (χ0) is 17.7. The molecule has 1 heterocycles. The van der Waals surface area contributed by atoms with Crippen LogP contribution in [0.2, 0.25) is 0 Å². The molecule has 0 spiro atoms. The van der Waals surface area contributed by atoms with Crippen LogP contribution >= 0.6 is 0 Å². The summed E-state index contributed by atoms with van der Waals surface area (Å²) in [4.78, 5) is 11.0. The minimum atomic E-state index is -1.97. The van der Waals surface area contributed by atoms with Gasteiger partial charge in [-0.3, -0.25) is 0 Å². The van der Waals surface area contributed by atoms with Gasteiger partial charge in [0.2, 0.25) is 0 Å². The monoisotopic (exact) mass is 342 g/mol. The first-order chi connectivity index (χ1) is 10.8. The van der Waals surface area contributed by atoms with Crippen molar-refractivity contribution in [3.63, 3.8) is 0 Å². The standard InChI is InChI=1S/C12H22O11/c13-1-4(16)7(17)8(18)5(2-14)22-12-11(21)10(20)9(19)6(3-15)23-12/h2,4-13,15-21H,1,3H2/t4-,5+,6-,7-,8-,9-,10+,11-,12+/m1/s1. The van der Waals surface area contributed by atoms with E-state index < -0.39 is 68.3 Å². The Bertz CT molecular complexity index is 365. The number of ether oxygens (including phenoxy) is 2. The molecule has 11 nitrogen and oxygen atoms in total. The van der Waals surface area contributed by atoms with E-state index in [1.807, 2.05) is 0 Å². The van der Waals surface area contributed by atoms with E-state index in [-0.39, 0.29) is 6.29 Å². The normalized spacial score (nSPS) is 37.0. The van der Waals surface area contributed by atoms with E-state index in [2.05, 4.69) is 0 Å². The van der Waals surface area contributed by atoms with Crippen LogP contribution in [0.3, 0.4) is 0 Å². The molecule has 0 saturated carbocycles. The van der Waals surface area contributed by atoms with E-state index in [0.717, 1.165) is 0 Å². The van der Waals surface area contributed by atoms with Gasteiger partial charge in [0.1, 0.15) is 48.8 Å². The van der Waals surface area contributed by atoms with Crippen molar-refractivity contribution in [3.05, 3.63) is 0 Å². The second-order valence-corrected chi connectivity index (χ2v) is 5.17. The highest BCUT2D eigenvalue weighted by Gasteiger charge is 2.46. The van der Waals surface area contributed by atoms with Crippen LogP contribution in [0.25, 0.3) is 0 Å². The molecular formula is C12H22O11. The van der Waals surface area contributed by atoms with E-state index in [1.54, 1.807) is 0 Å². The van der Waals surface area contributed by atoms with E-state index >= 15 is 0 Å². The molecule has 0 radical (unpaired) electrons. The summed E-state index contributed by atoms with van der Waals surface area (Å²) in [6, 6.07) is 0. The van der Waals surface area contributed by atoms with Crippen molar-refractivity contribution >= 4 is 6.29 Å². The average molecular weight is 342 g/mol. The second-order valence-electron chi connectivity index (χ2n) is 5.17. The van der Waals surface area contributed by atoms with Crippen LogP contribution in [0.15, 0.2) is 0 Å². The van der Waals surface area contributed by atoms with Gasteiger partial charge in [0.25, 0.3) is 0 Å². The van der Waals surface area contributed by atoms with Crippen molar-refractivity contribution in [3.8, 4) is 0 Å². The predicted molar refractivity (Wildman–Crippen MR) is 69.8 cm³/mol. The number of carbonyl (C=O) groups is 1. The molecule has 0 unspecified atom stereocenters. The summed E-state index contributed by atoms with van der Waals surface area (Å²) < 4.78 is 9.94. The summed E-state index contributed by atoms with van der Waals surface area (Å²) >= 11 is 0. The SMILES string of the molecule is O=C[C@H](O[C@H]1O[C@H](CO)[C@@H](O)[C@H](O)[C@H]1O)[C@@H](O)[C@H](O)[C@H](O)CO. The van der Waals surface area contributed by atoms with E-state index in [4.69, 9.17) is 19.7 Å². The highest BCUT2D eigenvalue weighted by atomic mass is 16.7. The minimum Gasteiger partial charge on any atom is -0.394 e. The van der Waals surface area contributed by atoms with Gasteiger partial charge in [-0.25, -0.2) is 0 Å². The Balaban J connectivity index is 2.79. The summed E-state index contributed by atoms with van der Waals surface area (Å²) in [5, 5.41) is 75.2. The van der Waals surface area contributed by atoms with Gasteiger partial charge in [-0.15, -0.1) is 0 Å². The van der Waals surface area contributed by atoms with Gasteiger partial charge in [-0.1, -0.05) is 0 Å². The molecule has 1 fully saturated rings. The van der Waals surface area contributed by atoms with Crippen LogP contribution in [0.1, 0.15) is 0 Å². The molecule has 0 aromatic rings. The lowest BCUT2D eigenvalue weighted by Gasteiger charge is -2.41. The number of aliphatic hydroxyl groups is 8. The smallest absolute Gasteiger partial charge is 0.187 e. The molecule has 11 heteroatoms. The zero-order valence-corrected chi connectivity index (χ0v) is 12.0. The molecule has 1 aliphatic heterocycles. The molecule has 1 rings (SSSR count). The molecule has 0 bridgehead atoms. The van der Waals surface area contributed by atoms with E-state index in [1.165, 1.54) is 0 Å². The van der Waals surface area contributed by atoms with Crippen molar-refractivity contribution in [2.24, 2.45) is 0 Å². The number of carbonyl (C=O) groups excluding carboxylic acids is 1. The number of rotatable bonds is 8. The van der Waals surface area contributed by atoms with Gasteiger partial charge in [-0.2, -0.15) is 0 Å². The van der Waals surface area contributed by atoms with Crippen molar-refractivity contribution < 1.29 is 55.1 Å². The fourth-order valence-corrected chi connectivity index (χ4v) is 2.06. The third-order valence-electron chi connectivity index (χ3n) is 3.54. The van der Waals surface area contributed by atoms with Crippen LogP contribution < -0.4 is 0 Å². The lowest BCUT2D eigenvalue weighted by molar-refractivity contribution is -0.315. The summed E-state index contributed by atoms with van der Waals surface area (Å²) in [6.07, 6.45) is -15.5. The molecule has 1 aliphatic rings. The largest absolute Gasteiger partial charge is 0.394 e. The number of aliphatic hydroxyl groups excluding tert-OH is 8. The Morgan fingerprint density at radius 1 is 1.00 bits per heavy atom. The fourth-order valence-electron chi connectivity index (χ4n) is 2.06. The third-order valence-corrected chi connectivity index (χ3v) is 3.54. The molecular weight excluding hydrogens is 320 g/mol. The highest BCUT2D eigenvalue weighted by molar-refractivity contribution is 5.57. The molecule has 0 aromatic heterocycles. The molecule has 1 saturated heterocycles. The van der Waals surface area contributed by atoms with Gasteiger partial charge in [-0.05, 0) is 0 Å². The maximum atomic E-state index is 11.0. The zero-order valence-electron chi connectivity index (χ0n) is 12.0. The highest BCUT2D eigenvalue weighted by Crippen LogP contribution is 2.23. The van der Waals surface area contributed by atoms with Gasteiger partial charge in [0.15, 0.2) is 12.6 Å². The molecule has 9 atom stereocenters. The van der Waals surface area contributed by atoms with Gasteiger partial charge in [0.05, 0.1) is 13.2 Å². The lowest BCUT2D eigenvalue weighted by atomic mass is 9.99. The molecule has 8 N–H and O–H groups in total. The van der Waals surface area contributed by atoms with Crippen molar-refractivity contribution in [1.82, 2.24) is 0 Å². The number of hydrogen-bond donors (Lipinski definition) is 8. The predicted octanol–water partition coefficient (Wildman–Crippen LogP) is -5.55. The number of hydrogen-bond acceptors (Lipinski definition) is 11. The lowest BCUT2D eigenvalue weighted by Crippen LogP contribution is -2.60. The summed E-state index contributed by atoms with van der Waals surface area (Å²) in [5.41, 5.74) is 0. The molecule has 0 amide bonds. The van der Waals surface area contributed by atoms with Crippen LogP contribution in [0.4, 0.5) is 0 Å². The van der Waals surface area contributed by atoms with Gasteiger partial charge >= 0.3 is 0 Å². The maximum absolute atomic E-state index is 11.0. The fraction of sp³-hybridized carbons (Fsp3) is 0.917. The molecule has 23 heavy (non-hydrogen) atoms. The van der Waals surface area contributed by atoms with Crippen LogP contribution in [0, 0.1) is 0 Å². The van der Waals surface area contributed by atoms with Crippen LogP contribution in [-0.2, 0) is 14.3 Å². The van der Waals surface area contributed by atoms with Crippen LogP contribution in [0.5, 0.6) is 0 Å². The molecule has 0 aromatic carbocycles. The minimum absolute atomic E-state index is 0.0550. The maximum Gasteiger partial charge on any atom is 0.187 e. The van der Waals surface area contributed by atoms with E-state index in [0.29, 0.717) is 0 Å². The first-order valence-corrected chi connectivity index (χ1v) is 6.84. The average Bonchev–Trinajstić information content (AvgIpc) is 2.57. The molecule has 0 aliphatic carbocycles. The quantitative estimate of drug-likeness (QED) is 0.196. The number of aldehydes is 1. The van der Waals surface area contributed by atoms with Gasteiger partial charge < -0.3 is 55.1 Å². The third kappa shape index (κ3) is 4.64. The Morgan fingerprint density at radius 2 is 1.61 bits per heavy atom. The summed E-state index contributed by atoms with van der Waals surface area (Å²) in [7, 11) is 0. The van der Waals surface area contributed by atoms with Crippen molar-refractivity contribution in [2.75, 3.05) is 13.2 Å². The van der Waals surface area contributed by atoms with Crippen molar-refractivity contribution in [2.45, 2.75) is 55.1 Å². The Labute approximate surface area is 130 Å². The Morgan fingerprint density at radius 3 is 2.09 bits per heavy atom. The second kappa shape index (κ2) is 8.94. The Kier molecular flexibility index (Phi) is 7.89.